The molecule has 146 valence electrons. The van der Waals surface area contributed by atoms with Crippen LogP contribution in [0, 0.1) is 11.3 Å². The lowest BCUT2D eigenvalue weighted by Crippen LogP contribution is -2.51. The Bertz CT molecular complexity index is 664. The van der Waals surface area contributed by atoms with Crippen LogP contribution < -0.4 is 10.6 Å². The molecule has 2 amide bonds. The van der Waals surface area contributed by atoms with Crippen LogP contribution in [0.5, 0.6) is 0 Å². The standard InChI is InChI=1S/C21H30N4O2/c26-19(23-15-17-4-2-1-3-5-17)16-24-10-12-25(13-11-24)20(27)18-14-21(18)6-8-22-9-7-21/h1-5,18,22H,6-16H2,(H,23,26). The molecule has 1 unspecified atom stereocenters. The molecule has 1 atom stereocenters. The number of piperidine rings is 1. The van der Waals surface area contributed by atoms with Crippen molar-refractivity contribution in [1.82, 2.24) is 20.4 Å². The second kappa shape index (κ2) is 7.98. The molecule has 0 radical (unpaired) electrons. The van der Waals surface area contributed by atoms with Crippen LogP contribution in [0.1, 0.15) is 24.8 Å². The van der Waals surface area contributed by atoms with Gasteiger partial charge >= 0.3 is 0 Å². The minimum absolute atomic E-state index is 0.0504. The van der Waals surface area contributed by atoms with Crippen molar-refractivity contribution < 1.29 is 9.59 Å². The third kappa shape index (κ3) is 4.33. The van der Waals surface area contributed by atoms with Gasteiger partial charge in [-0.25, -0.2) is 0 Å². The number of carbonyl (C=O) groups is 2. The minimum Gasteiger partial charge on any atom is -0.351 e. The van der Waals surface area contributed by atoms with Crippen LogP contribution in [-0.2, 0) is 16.1 Å². The highest BCUT2D eigenvalue weighted by Gasteiger charge is 2.58. The summed E-state index contributed by atoms with van der Waals surface area (Å²) in [7, 11) is 0. The number of benzene rings is 1. The molecular weight excluding hydrogens is 340 g/mol. The van der Waals surface area contributed by atoms with E-state index in [1.54, 1.807) is 0 Å². The molecular formula is C21H30N4O2. The lowest BCUT2D eigenvalue weighted by molar-refractivity contribution is -0.135. The van der Waals surface area contributed by atoms with E-state index in [0.717, 1.165) is 64.1 Å². The first-order chi connectivity index (χ1) is 13.2. The first kappa shape index (κ1) is 18.4. The van der Waals surface area contributed by atoms with Crippen molar-refractivity contribution >= 4 is 11.8 Å². The van der Waals surface area contributed by atoms with Crippen LogP contribution in [0.3, 0.4) is 0 Å². The lowest BCUT2D eigenvalue weighted by Gasteiger charge is -2.35. The van der Waals surface area contributed by atoms with Gasteiger partial charge in [-0.3, -0.25) is 14.5 Å². The number of hydrogen-bond acceptors (Lipinski definition) is 4. The summed E-state index contributed by atoms with van der Waals surface area (Å²) in [6.07, 6.45) is 3.37. The van der Waals surface area contributed by atoms with Crippen LogP contribution in [0.25, 0.3) is 0 Å². The Labute approximate surface area is 161 Å². The number of nitrogens with zero attached hydrogens (tertiary/aromatic N) is 2. The largest absolute Gasteiger partial charge is 0.351 e. The van der Waals surface area contributed by atoms with Gasteiger partial charge in [0.2, 0.25) is 11.8 Å². The van der Waals surface area contributed by atoms with Gasteiger partial charge < -0.3 is 15.5 Å². The van der Waals surface area contributed by atoms with E-state index in [0.29, 0.717) is 24.4 Å². The first-order valence-electron chi connectivity index (χ1n) is 10.2. The Morgan fingerprint density at radius 2 is 1.78 bits per heavy atom. The Morgan fingerprint density at radius 3 is 2.48 bits per heavy atom. The molecule has 3 aliphatic rings. The van der Waals surface area contributed by atoms with E-state index in [-0.39, 0.29) is 11.8 Å². The third-order valence-corrected chi connectivity index (χ3v) is 6.47. The Balaban J connectivity index is 1.18. The van der Waals surface area contributed by atoms with Crippen LogP contribution in [0.15, 0.2) is 30.3 Å². The van der Waals surface area contributed by atoms with Crippen LogP contribution in [-0.4, -0.2) is 67.4 Å². The molecule has 1 aromatic rings. The summed E-state index contributed by atoms with van der Waals surface area (Å²) in [5.74, 6) is 0.653. The predicted octanol–water partition coefficient (Wildman–Crippen LogP) is 0.837. The zero-order valence-corrected chi connectivity index (χ0v) is 16.0. The van der Waals surface area contributed by atoms with Gasteiger partial charge in [-0.05, 0) is 43.3 Å². The van der Waals surface area contributed by atoms with Gasteiger partial charge in [-0.2, -0.15) is 0 Å². The average molecular weight is 370 g/mol. The average Bonchev–Trinajstić information content (AvgIpc) is 3.40. The molecule has 6 heteroatoms. The second-order valence-electron chi connectivity index (χ2n) is 8.23. The fraction of sp³-hybridized carbons (Fsp3) is 0.619. The smallest absolute Gasteiger partial charge is 0.234 e. The Kier molecular flexibility index (Phi) is 5.45. The van der Waals surface area contributed by atoms with Gasteiger partial charge in [0.15, 0.2) is 0 Å². The molecule has 3 fully saturated rings. The first-order valence-corrected chi connectivity index (χ1v) is 10.2. The highest BCUT2D eigenvalue weighted by Crippen LogP contribution is 2.59. The summed E-state index contributed by atoms with van der Waals surface area (Å²) in [5.41, 5.74) is 1.41. The number of rotatable bonds is 5. The summed E-state index contributed by atoms with van der Waals surface area (Å²) >= 11 is 0. The molecule has 0 bridgehead atoms. The molecule has 1 spiro atoms. The Hall–Kier alpha value is -1.92. The SMILES string of the molecule is O=C(CN1CCN(C(=O)C2CC23CCNCC3)CC1)NCc1ccccc1. The maximum Gasteiger partial charge on any atom is 0.234 e. The van der Waals surface area contributed by atoms with Gasteiger partial charge in [0.1, 0.15) is 0 Å². The van der Waals surface area contributed by atoms with E-state index < -0.39 is 0 Å². The van der Waals surface area contributed by atoms with E-state index in [9.17, 15) is 9.59 Å². The zero-order chi connectivity index (χ0) is 18.7. The summed E-state index contributed by atoms with van der Waals surface area (Å²) in [6.45, 7) is 6.14. The van der Waals surface area contributed by atoms with Gasteiger partial charge in [0.05, 0.1) is 6.54 Å². The fourth-order valence-corrected chi connectivity index (χ4v) is 4.58. The number of piperazine rings is 1. The van der Waals surface area contributed by atoms with Crippen molar-refractivity contribution in [3.63, 3.8) is 0 Å². The molecule has 2 N–H and O–H groups in total. The van der Waals surface area contributed by atoms with Crippen molar-refractivity contribution in [2.45, 2.75) is 25.8 Å². The van der Waals surface area contributed by atoms with Crippen molar-refractivity contribution in [2.24, 2.45) is 11.3 Å². The Morgan fingerprint density at radius 1 is 1.07 bits per heavy atom. The van der Waals surface area contributed by atoms with E-state index >= 15 is 0 Å². The normalized spacial score (nSPS) is 24.6. The monoisotopic (exact) mass is 370 g/mol. The third-order valence-electron chi connectivity index (χ3n) is 6.47. The lowest BCUT2D eigenvalue weighted by atomic mass is 9.91. The van der Waals surface area contributed by atoms with Crippen LogP contribution >= 0.6 is 0 Å². The topological polar surface area (TPSA) is 64.7 Å². The highest BCUT2D eigenvalue weighted by atomic mass is 16.2. The molecule has 1 saturated carbocycles. The van der Waals surface area contributed by atoms with Crippen molar-refractivity contribution in [2.75, 3.05) is 45.8 Å². The highest BCUT2D eigenvalue weighted by molar-refractivity contribution is 5.83. The molecule has 1 aliphatic carbocycles. The number of carbonyl (C=O) groups excluding carboxylic acids is 2. The maximum atomic E-state index is 12.8. The van der Waals surface area contributed by atoms with Gasteiger partial charge in [0, 0.05) is 38.6 Å². The molecule has 27 heavy (non-hydrogen) atoms. The summed E-state index contributed by atoms with van der Waals surface area (Å²) in [4.78, 5) is 29.2. The number of nitrogens with one attached hydrogen (secondary N) is 2. The van der Waals surface area contributed by atoms with Crippen LogP contribution in [0.2, 0.25) is 0 Å². The van der Waals surface area contributed by atoms with Crippen molar-refractivity contribution in [3.05, 3.63) is 35.9 Å². The number of amides is 2. The van der Waals surface area contributed by atoms with Gasteiger partial charge in [-0.1, -0.05) is 30.3 Å². The van der Waals surface area contributed by atoms with Crippen LogP contribution in [0.4, 0.5) is 0 Å². The molecule has 2 aliphatic heterocycles. The van der Waals surface area contributed by atoms with E-state index in [1.807, 2.05) is 35.2 Å². The van der Waals surface area contributed by atoms with E-state index in [4.69, 9.17) is 0 Å². The summed E-state index contributed by atoms with van der Waals surface area (Å²) in [6, 6.07) is 9.95. The quantitative estimate of drug-likeness (QED) is 0.806. The van der Waals surface area contributed by atoms with E-state index in [2.05, 4.69) is 15.5 Å². The van der Waals surface area contributed by atoms with E-state index in [1.165, 1.54) is 0 Å². The molecule has 6 nitrogen and oxygen atoms in total. The van der Waals surface area contributed by atoms with Crippen molar-refractivity contribution in [1.29, 1.82) is 0 Å². The van der Waals surface area contributed by atoms with Gasteiger partial charge in [0.25, 0.3) is 0 Å². The van der Waals surface area contributed by atoms with Gasteiger partial charge in [-0.15, -0.1) is 0 Å². The molecule has 2 saturated heterocycles. The fourth-order valence-electron chi connectivity index (χ4n) is 4.58. The zero-order valence-electron chi connectivity index (χ0n) is 16.0. The minimum atomic E-state index is 0.0504. The maximum absolute atomic E-state index is 12.8. The van der Waals surface area contributed by atoms with Crippen molar-refractivity contribution in [3.8, 4) is 0 Å². The molecule has 2 heterocycles. The molecule has 4 rings (SSSR count). The molecule has 1 aromatic carbocycles. The summed E-state index contributed by atoms with van der Waals surface area (Å²) < 4.78 is 0. The second-order valence-corrected chi connectivity index (χ2v) is 8.23. The number of hydrogen-bond donors (Lipinski definition) is 2. The molecule has 0 aromatic heterocycles. The predicted molar refractivity (Wildman–Crippen MR) is 104 cm³/mol. The summed E-state index contributed by atoms with van der Waals surface area (Å²) in [5, 5.41) is 6.37.